The second-order valence-electron chi connectivity index (χ2n) is 6.22. The number of aromatic nitrogens is 5. The largest absolute Gasteiger partial charge is 0.294 e. The van der Waals surface area contributed by atoms with Crippen LogP contribution in [0.4, 0.5) is 5.95 Å². The molecule has 0 aliphatic carbocycles. The standard InChI is InChI=1S/C21H16N6O2/c28-18(16-7-4-9-22-13-16)12-14-5-3-6-15(11-14)20(29)25-21-24-19(26-27-21)17-8-1-2-10-23-17/h1-11,13H,12H2,(H2,24,25,26,27,29). The van der Waals surface area contributed by atoms with Gasteiger partial charge in [-0.3, -0.25) is 30.0 Å². The molecule has 29 heavy (non-hydrogen) atoms. The van der Waals surface area contributed by atoms with Gasteiger partial charge in [0.1, 0.15) is 5.69 Å². The number of anilines is 1. The molecule has 0 unspecified atom stereocenters. The smallest absolute Gasteiger partial charge is 0.258 e. The topological polar surface area (TPSA) is 114 Å². The molecule has 8 nitrogen and oxygen atoms in total. The number of hydrogen-bond donors (Lipinski definition) is 2. The molecule has 4 rings (SSSR count). The summed E-state index contributed by atoms with van der Waals surface area (Å²) in [5, 5.41) is 9.39. The Morgan fingerprint density at radius 1 is 0.966 bits per heavy atom. The van der Waals surface area contributed by atoms with Crippen LogP contribution in [0.15, 0.2) is 73.2 Å². The summed E-state index contributed by atoms with van der Waals surface area (Å²) in [6.45, 7) is 0. The second kappa shape index (κ2) is 8.22. The molecule has 0 saturated heterocycles. The Bertz CT molecular complexity index is 1140. The number of H-pyrrole nitrogens is 1. The number of hydrogen-bond acceptors (Lipinski definition) is 6. The van der Waals surface area contributed by atoms with Crippen LogP contribution in [-0.4, -0.2) is 36.8 Å². The number of aromatic amines is 1. The summed E-state index contributed by atoms with van der Waals surface area (Å²) in [5.41, 5.74) is 2.29. The highest BCUT2D eigenvalue weighted by Gasteiger charge is 2.13. The number of nitrogens with one attached hydrogen (secondary N) is 2. The lowest BCUT2D eigenvalue weighted by molar-refractivity contribution is 0.0988. The molecule has 3 heterocycles. The van der Waals surface area contributed by atoms with Crippen LogP contribution in [-0.2, 0) is 6.42 Å². The zero-order valence-electron chi connectivity index (χ0n) is 15.2. The molecule has 3 aromatic heterocycles. The van der Waals surface area contributed by atoms with Crippen molar-refractivity contribution in [2.45, 2.75) is 6.42 Å². The number of pyridine rings is 2. The summed E-state index contributed by atoms with van der Waals surface area (Å²) < 4.78 is 0. The highest BCUT2D eigenvalue weighted by atomic mass is 16.1. The average molecular weight is 384 g/mol. The fourth-order valence-electron chi connectivity index (χ4n) is 2.75. The fraction of sp³-hybridized carbons (Fsp3) is 0.0476. The molecule has 0 radical (unpaired) electrons. The molecule has 0 spiro atoms. The van der Waals surface area contributed by atoms with E-state index in [1.807, 2.05) is 6.07 Å². The molecular weight excluding hydrogens is 368 g/mol. The zero-order chi connectivity index (χ0) is 20.1. The molecule has 8 heteroatoms. The van der Waals surface area contributed by atoms with Crippen molar-refractivity contribution in [2.75, 3.05) is 5.32 Å². The van der Waals surface area contributed by atoms with Gasteiger partial charge in [0.15, 0.2) is 11.6 Å². The van der Waals surface area contributed by atoms with Gasteiger partial charge in [-0.2, -0.15) is 4.98 Å². The number of amides is 1. The average Bonchev–Trinajstić information content (AvgIpc) is 3.23. The Labute approximate surface area is 166 Å². The van der Waals surface area contributed by atoms with Gasteiger partial charge in [-0.1, -0.05) is 18.2 Å². The summed E-state index contributed by atoms with van der Waals surface area (Å²) >= 11 is 0. The monoisotopic (exact) mass is 384 g/mol. The maximum absolute atomic E-state index is 12.6. The number of carbonyl (C=O) groups is 2. The molecule has 1 aromatic carbocycles. The molecule has 0 fully saturated rings. The number of Topliss-reactive ketones (excluding diaryl/α,β-unsaturated/α-hetero) is 1. The molecule has 2 N–H and O–H groups in total. The van der Waals surface area contributed by atoms with Crippen LogP contribution >= 0.6 is 0 Å². The minimum atomic E-state index is -0.368. The molecule has 0 atom stereocenters. The van der Waals surface area contributed by atoms with Crippen molar-refractivity contribution < 1.29 is 9.59 Å². The van der Waals surface area contributed by atoms with Crippen LogP contribution in [0.3, 0.4) is 0 Å². The van der Waals surface area contributed by atoms with Gasteiger partial charge in [-0.25, -0.2) is 0 Å². The molecule has 142 valence electrons. The Kier molecular flexibility index (Phi) is 5.15. The highest BCUT2D eigenvalue weighted by Crippen LogP contribution is 2.14. The molecule has 1 amide bonds. The molecule has 0 aliphatic rings. The molecule has 0 aliphatic heterocycles. The van der Waals surface area contributed by atoms with E-state index >= 15 is 0 Å². The van der Waals surface area contributed by atoms with Crippen LogP contribution in [0.2, 0.25) is 0 Å². The maximum atomic E-state index is 12.6. The lowest BCUT2D eigenvalue weighted by Gasteiger charge is -2.05. The van der Waals surface area contributed by atoms with Gasteiger partial charge in [0.05, 0.1) is 0 Å². The number of carbonyl (C=O) groups excluding carboxylic acids is 2. The number of nitrogens with zero attached hydrogens (tertiary/aromatic N) is 4. The molecule has 4 aromatic rings. The van der Waals surface area contributed by atoms with E-state index in [-0.39, 0.29) is 24.1 Å². The van der Waals surface area contributed by atoms with Crippen LogP contribution in [0.25, 0.3) is 11.5 Å². The normalized spacial score (nSPS) is 10.5. The third kappa shape index (κ3) is 4.38. The summed E-state index contributed by atoms with van der Waals surface area (Å²) in [5.74, 6) is 0.168. The van der Waals surface area contributed by atoms with Crippen molar-refractivity contribution >= 4 is 17.6 Å². The van der Waals surface area contributed by atoms with Gasteiger partial charge in [-0.05, 0) is 42.0 Å². The van der Waals surface area contributed by atoms with E-state index < -0.39 is 0 Å². The van der Waals surface area contributed by atoms with E-state index in [0.717, 1.165) is 5.56 Å². The van der Waals surface area contributed by atoms with E-state index in [4.69, 9.17) is 0 Å². The Hall–Kier alpha value is -4.20. The molecule has 0 saturated carbocycles. The van der Waals surface area contributed by atoms with Crippen molar-refractivity contribution in [3.63, 3.8) is 0 Å². The predicted molar refractivity (Wildman–Crippen MR) is 106 cm³/mol. The van der Waals surface area contributed by atoms with Crippen molar-refractivity contribution in [2.24, 2.45) is 0 Å². The van der Waals surface area contributed by atoms with E-state index in [9.17, 15) is 9.59 Å². The number of rotatable bonds is 6. The summed E-state index contributed by atoms with van der Waals surface area (Å²) in [6, 6.07) is 15.7. The van der Waals surface area contributed by atoms with Crippen LogP contribution in [0.5, 0.6) is 0 Å². The Balaban J connectivity index is 1.45. The van der Waals surface area contributed by atoms with Gasteiger partial charge in [-0.15, -0.1) is 5.10 Å². The Morgan fingerprint density at radius 2 is 1.86 bits per heavy atom. The number of ketones is 1. The zero-order valence-corrected chi connectivity index (χ0v) is 15.2. The first kappa shape index (κ1) is 18.2. The first-order valence-electron chi connectivity index (χ1n) is 8.86. The Morgan fingerprint density at radius 3 is 2.66 bits per heavy atom. The second-order valence-corrected chi connectivity index (χ2v) is 6.22. The van der Waals surface area contributed by atoms with Crippen molar-refractivity contribution in [1.82, 2.24) is 25.1 Å². The van der Waals surface area contributed by atoms with Gasteiger partial charge >= 0.3 is 0 Å². The van der Waals surface area contributed by atoms with Gasteiger partial charge in [0.25, 0.3) is 5.91 Å². The van der Waals surface area contributed by atoms with E-state index in [1.54, 1.807) is 60.9 Å². The summed E-state index contributed by atoms with van der Waals surface area (Å²) in [6.07, 6.45) is 4.97. The van der Waals surface area contributed by atoms with E-state index in [2.05, 4.69) is 30.5 Å². The first-order chi connectivity index (χ1) is 14.2. The molecule has 0 bridgehead atoms. The van der Waals surface area contributed by atoms with Gasteiger partial charge < -0.3 is 0 Å². The predicted octanol–water partition coefficient (Wildman–Crippen LogP) is 2.94. The summed E-state index contributed by atoms with van der Waals surface area (Å²) in [4.78, 5) is 37.3. The van der Waals surface area contributed by atoms with E-state index in [0.29, 0.717) is 22.6 Å². The van der Waals surface area contributed by atoms with Crippen LogP contribution in [0, 0.1) is 0 Å². The van der Waals surface area contributed by atoms with Crippen LogP contribution < -0.4 is 5.32 Å². The quantitative estimate of drug-likeness (QED) is 0.494. The number of benzene rings is 1. The molecular formula is C21H16N6O2. The van der Waals surface area contributed by atoms with Crippen LogP contribution in [0.1, 0.15) is 26.3 Å². The van der Waals surface area contributed by atoms with Gasteiger partial charge in [0, 0.05) is 36.1 Å². The third-order valence-electron chi connectivity index (χ3n) is 4.16. The van der Waals surface area contributed by atoms with Crippen molar-refractivity contribution in [3.05, 3.63) is 89.9 Å². The SMILES string of the molecule is O=C(Cc1cccc(C(=O)Nc2n[nH]c(-c3ccccn3)n2)c1)c1cccnc1. The lowest BCUT2D eigenvalue weighted by atomic mass is 10.0. The highest BCUT2D eigenvalue weighted by molar-refractivity contribution is 6.04. The minimum absolute atomic E-state index is 0.0652. The van der Waals surface area contributed by atoms with Crippen molar-refractivity contribution in [1.29, 1.82) is 0 Å². The van der Waals surface area contributed by atoms with Gasteiger partial charge in [0.2, 0.25) is 5.95 Å². The first-order valence-corrected chi connectivity index (χ1v) is 8.86. The fourth-order valence-corrected chi connectivity index (χ4v) is 2.75. The lowest BCUT2D eigenvalue weighted by Crippen LogP contribution is -2.13. The maximum Gasteiger partial charge on any atom is 0.258 e. The van der Waals surface area contributed by atoms with E-state index in [1.165, 1.54) is 6.20 Å². The van der Waals surface area contributed by atoms with Crippen molar-refractivity contribution in [3.8, 4) is 11.5 Å². The summed E-state index contributed by atoms with van der Waals surface area (Å²) in [7, 11) is 0. The third-order valence-corrected chi connectivity index (χ3v) is 4.16. The minimum Gasteiger partial charge on any atom is -0.294 e.